The second-order valence-corrected chi connectivity index (χ2v) is 7.07. The van der Waals surface area contributed by atoms with Crippen molar-refractivity contribution in [3.05, 3.63) is 29.8 Å². The van der Waals surface area contributed by atoms with Gasteiger partial charge in [-0.2, -0.15) is 13.1 Å². The molecule has 116 valence electrons. The monoisotopic (exact) mass is 311 g/mol. The van der Waals surface area contributed by atoms with Gasteiger partial charge in [0, 0.05) is 18.6 Å². The van der Waals surface area contributed by atoms with Crippen molar-refractivity contribution < 1.29 is 13.2 Å². The van der Waals surface area contributed by atoms with Gasteiger partial charge in [-0.25, -0.2) is 5.14 Å². The van der Waals surface area contributed by atoms with Gasteiger partial charge in [-0.3, -0.25) is 4.90 Å². The summed E-state index contributed by atoms with van der Waals surface area (Å²) in [6, 6.07) is 8.22. The summed E-state index contributed by atoms with van der Waals surface area (Å²) in [7, 11) is -2.07. The first-order valence-electron chi connectivity index (χ1n) is 7.17. The van der Waals surface area contributed by atoms with E-state index in [1.54, 1.807) is 7.11 Å². The van der Waals surface area contributed by atoms with Gasteiger partial charge >= 0.3 is 0 Å². The van der Waals surface area contributed by atoms with Crippen LogP contribution >= 0.6 is 0 Å². The van der Waals surface area contributed by atoms with Crippen LogP contribution in [0.3, 0.4) is 0 Å². The summed E-state index contributed by atoms with van der Waals surface area (Å²) in [5.74, 6) is 0.782. The summed E-state index contributed by atoms with van der Waals surface area (Å²) in [5, 5.41) is 5.17. The number of ether oxygens (including phenoxy) is 1. The van der Waals surface area contributed by atoms with Crippen molar-refractivity contribution in [3.63, 3.8) is 0 Å². The van der Waals surface area contributed by atoms with Crippen LogP contribution in [0.2, 0.25) is 0 Å². The second-order valence-electron chi connectivity index (χ2n) is 5.75. The number of methoxy groups -OCH3 is 1. The average Bonchev–Trinajstić information content (AvgIpc) is 3.19. The normalized spacial score (nSPS) is 27.0. The molecule has 3 rings (SSSR count). The zero-order chi connectivity index (χ0) is 15.0. The molecule has 2 atom stereocenters. The van der Waals surface area contributed by atoms with Gasteiger partial charge in [-0.1, -0.05) is 12.1 Å². The molecule has 1 saturated heterocycles. The highest BCUT2D eigenvalue weighted by atomic mass is 32.2. The highest BCUT2D eigenvalue weighted by molar-refractivity contribution is 7.87. The van der Waals surface area contributed by atoms with Crippen LogP contribution in [0.25, 0.3) is 0 Å². The van der Waals surface area contributed by atoms with E-state index < -0.39 is 10.2 Å². The lowest BCUT2D eigenvalue weighted by Crippen LogP contribution is -2.43. The molecule has 2 aliphatic rings. The Morgan fingerprint density at radius 2 is 2.10 bits per heavy atom. The van der Waals surface area contributed by atoms with Gasteiger partial charge in [-0.05, 0) is 37.0 Å². The molecule has 0 unspecified atom stereocenters. The first-order chi connectivity index (χ1) is 9.98. The fourth-order valence-electron chi connectivity index (χ4n) is 3.22. The summed E-state index contributed by atoms with van der Waals surface area (Å²) < 4.78 is 30.7. The van der Waals surface area contributed by atoms with Crippen molar-refractivity contribution in [2.24, 2.45) is 5.14 Å². The van der Waals surface area contributed by atoms with Gasteiger partial charge in [0.05, 0.1) is 13.2 Å². The number of benzene rings is 1. The molecule has 6 nitrogen and oxygen atoms in total. The minimum absolute atomic E-state index is 0.0194. The molecular weight excluding hydrogens is 290 g/mol. The number of hydrogen-bond donors (Lipinski definition) is 2. The summed E-state index contributed by atoms with van der Waals surface area (Å²) in [6.45, 7) is 0.889. The molecule has 1 aliphatic carbocycles. The molecule has 0 radical (unpaired) electrons. The maximum Gasteiger partial charge on any atom is 0.274 e. The number of likely N-dealkylation sites (tertiary alicyclic amines) is 1. The maximum absolute atomic E-state index is 11.4. The zero-order valence-corrected chi connectivity index (χ0v) is 12.8. The van der Waals surface area contributed by atoms with Crippen molar-refractivity contribution in [1.82, 2.24) is 9.62 Å². The molecule has 1 saturated carbocycles. The zero-order valence-electron chi connectivity index (χ0n) is 12.0. The summed E-state index contributed by atoms with van der Waals surface area (Å²) in [6.07, 6.45) is 3.14. The molecule has 1 aliphatic heterocycles. The van der Waals surface area contributed by atoms with E-state index in [1.807, 2.05) is 24.3 Å². The fraction of sp³-hybridized carbons (Fsp3) is 0.571. The van der Waals surface area contributed by atoms with E-state index in [-0.39, 0.29) is 12.1 Å². The Balaban J connectivity index is 1.91. The lowest BCUT2D eigenvalue weighted by Gasteiger charge is -2.28. The van der Waals surface area contributed by atoms with Crippen LogP contribution in [0.4, 0.5) is 0 Å². The summed E-state index contributed by atoms with van der Waals surface area (Å²) in [4.78, 5) is 2.39. The number of nitrogens with zero attached hydrogens (tertiary/aromatic N) is 1. The van der Waals surface area contributed by atoms with Gasteiger partial charge < -0.3 is 4.74 Å². The highest BCUT2D eigenvalue weighted by Crippen LogP contribution is 2.41. The second kappa shape index (κ2) is 5.57. The number of nitrogens with one attached hydrogen (secondary N) is 1. The average molecular weight is 311 g/mol. The number of rotatable bonds is 5. The van der Waals surface area contributed by atoms with E-state index in [4.69, 9.17) is 9.88 Å². The fourth-order valence-corrected chi connectivity index (χ4v) is 3.88. The van der Waals surface area contributed by atoms with Crippen LogP contribution in [0.5, 0.6) is 5.75 Å². The quantitative estimate of drug-likeness (QED) is 0.841. The van der Waals surface area contributed by atoms with Gasteiger partial charge in [0.25, 0.3) is 10.2 Å². The molecule has 0 aromatic heterocycles. The van der Waals surface area contributed by atoms with Crippen LogP contribution in [0.1, 0.15) is 30.9 Å². The Labute approximate surface area is 125 Å². The van der Waals surface area contributed by atoms with E-state index in [9.17, 15) is 8.42 Å². The molecule has 0 spiro atoms. The maximum atomic E-state index is 11.4. The number of nitrogens with two attached hydrogens (primary N) is 1. The van der Waals surface area contributed by atoms with Crippen LogP contribution in [-0.2, 0) is 10.2 Å². The molecule has 2 fully saturated rings. The Hall–Kier alpha value is -1.15. The van der Waals surface area contributed by atoms with E-state index in [2.05, 4.69) is 9.62 Å². The molecule has 3 N–H and O–H groups in total. The van der Waals surface area contributed by atoms with E-state index >= 15 is 0 Å². The minimum atomic E-state index is -3.70. The SMILES string of the molecule is COc1cccc([C@@H]2[C@@H](NS(N)(=O)=O)CCN2C2CC2)c1. The molecule has 0 bridgehead atoms. The minimum Gasteiger partial charge on any atom is -0.497 e. The van der Waals surface area contributed by atoms with Gasteiger partial charge in [0.2, 0.25) is 0 Å². The predicted octanol–water partition coefficient (Wildman–Crippen LogP) is 0.766. The van der Waals surface area contributed by atoms with Crippen molar-refractivity contribution in [2.45, 2.75) is 37.4 Å². The first-order valence-corrected chi connectivity index (χ1v) is 8.72. The van der Waals surface area contributed by atoms with Crippen LogP contribution in [0, 0.1) is 0 Å². The molecule has 1 aromatic carbocycles. The standard InChI is InChI=1S/C14H21N3O3S/c1-20-12-4-2-3-10(9-12)14-13(16-21(15,18)19)7-8-17(14)11-5-6-11/h2-4,9,11,13-14,16H,5-8H2,1H3,(H2,15,18,19)/t13-,14+/m0/s1. The smallest absolute Gasteiger partial charge is 0.274 e. The van der Waals surface area contributed by atoms with Gasteiger partial charge in [-0.15, -0.1) is 0 Å². The van der Waals surface area contributed by atoms with E-state index in [0.29, 0.717) is 6.04 Å². The summed E-state index contributed by atoms with van der Waals surface area (Å²) in [5.41, 5.74) is 1.07. The highest BCUT2D eigenvalue weighted by Gasteiger charge is 2.43. The third-order valence-corrected chi connectivity index (χ3v) is 4.83. The lowest BCUT2D eigenvalue weighted by molar-refractivity contribution is 0.233. The Bertz CT molecular complexity index is 616. The molecule has 7 heteroatoms. The Kier molecular flexibility index (Phi) is 3.92. The van der Waals surface area contributed by atoms with Gasteiger partial charge in [0.15, 0.2) is 0 Å². The predicted molar refractivity (Wildman–Crippen MR) is 80.1 cm³/mol. The third kappa shape index (κ3) is 3.37. The first kappa shape index (κ1) is 14.8. The largest absolute Gasteiger partial charge is 0.497 e. The third-order valence-electron chi connectivity index (χ3n) is 4.20. The Morgan fingerprint density at radius 1 is 1.33 bits per heavy atom. The Morgan fingerprint density at radius 3 is 2.71 bits per heavy atom. The van der Waals surface area contributed by atoms with Crippen LogP contribution < -0.4 is 14.6 Å². The van der Waals surface area contributed by atoms with E-state index in [1.165, 1.54) is 12.8 Å². The molecular formula is C14H21N3O3S. The van der Waals surface area contributed by atoms with Crippen molar-refractivity contribution >= 4 is 10.2 Å². The molecule has 1 aromatic rings. The van der Waals surface area contributed by atoms with E-state index in [0.717, 1.165) is 24.3 Å². The van der Waals surface area contributed by atoms with Crippen LogP contribution in [0.15, 0.2) is 24.3 Å². The molecule has 0 amide bonds. The topological polar surface area (TPSA) is 84.7 Å². The molecule has 1 heterocycles. The summed E-state index contributed by atoms with van der Waals surface area (Å²) >= 11 is 0. The van der Waals surface area contributed by atoms with Crippen LogP contribution in [-0.4, -0.2) is 39.1 Å². The molecule has 21 heavy (non-hydrogen) atoms. The lowest BCUT2D eigenvalue weighted by atomic mass is 10.0. The number of hydrogen-bond acceptors (Lipinski definition) is 4. The van der Waals surface area contributed by atoms with Gasteiger partial charge in [0.1, 0.15) is 5.75 Å². The van der Waals surface area contributed by atoms with Crippen molar-refractivity contribution in [2.75, 3.05) is 13.7 Å². The van der Waals surface area contributed by atoms with Crippen molar-refractivity contribution in [3.8, 4) is 5.75 Å². The van der Waals surface area contributed by atoms with Crippen molar-refractivity contribution in [1.29, 1.82) is 0 Å².